The van der Waals surface area contributed by atoms with Gasteiger partial charge in [-0.3, -0.25) is 0 Å². The molecule has 9 aromatic carbocycles. The van der Waals surface area contributed by atoms with Crippen molar-refractivity contribution in [1.29, 1.82) is 0 Å². The fraction of sp³-hybridized carbons (Fsp3) is 0.0196. The maximum absolute atomic E-state index is 3.85. The molecule has 1 heteroatoms. The van der Waals surface area contributed by atoms with E-state index >= 15 is 0 Å². The molecule has 9 aromatic rings. The highest BCUT2D eigenvalue weighted by molar-refractivity contribution is 6.09. The summed E-state index contributed by atoms with van der Waals surface area (Å²) in [5, 5.41) is 8.90. The summed E-state index contributed by atoms with van der Waals surface area (Å²) in [5.41, 5.74) is 14.4. The van der Waals surface area contributed by atoms with Gasteiger partial charge >= 0.3 is 0 Å². The number of hydrogen-bond acceptors (Lipinski definition) is 1. The Bertz CT molecular complexity index is 2700. The fourth-order valence-corrected chi connectivity index (χ4v) is 8.73. The molecule has 0 unspecified atom stereocenters. The Labute approximate surface area is 304 Å². The van der Waals surface area contributed by atoms with Crippen LogP contribution in [0.1, 0.15) is 22.3 Å². The first-order valence-corrected chi connectivity index (χ1v) is 18.0. The predicted molar refractivity (Wildman–Crippen MR) is 219 cm³/mol. The Morgan fingerprint density at radius 2 is 0.846 bits per heavy atom. The summed E-state index contributed by atoms with van der Waals surface area (Å²) >= 11 is 0. The molecule has 1 aliphatic rings. The summed E-state index contributed by atoms with van der Waals surface area (Å²) in [6, 6.07) is 75.1. The summed E-state index contributed by atoms with van der Waals surface area (Å²) in [5.74, 6) is 0. The standard InChI is InChI=1S/C51H35N/c1-3-17-37(18-4-1)51(38-19-5-2-6-20-38)47-26-12-11-24-46(47)50-48(51)27-14-28-49(50)52-39-31-29-36(30-32-39)41-33-34-45(44-23-10-9-22-42(41)44)43-25-13-16-35-15-7-8-21-40(35)43/h1-34,52H. The molecule has 1 aliphatic carbocycles. The van der Waals surface area contributed by atoms with Gasteiger partial charge in [0, 0.05) is 16.9 Å². The van der Waals surface area contributed by atoms with Crippen LogP contribution >= 0.6 is 0 Å². The van der Waals surface area contributed by atoms with Crippen LogP contribution < -0.4 is 5.32 Å². The molecule has 0 aromatic heterocycles. The minimum absolute atomic E-state index is 0.421. The summed E-state index contributed by atoms with van der Waals surface area (Å²) in [4.78, 5) is 0. The molecule has 244 valence electrons. The second-order valence-electron chi connectivity index (χ2n) is 13.7. The summed E-state index contributed by atoms with van der Waals surface area (Å²) < 4.78 is 0. The SMILES string of the molecule is c1ccc(C2(c3ccccc3)c3ccccc3-c3c(Nc4ccc(-c5ccc(-c6cccc7ccccc67)c6ccccc56)cc4)cccc32)cc1. The van der Waals surface area contributed by atoms with Crippen LogP contribution in [0, 0.1) is 0 Å². The molecular weight excluding hydrogens is 627 g/mol. The quantitative estimate of drug-likeness (QED) is 0.187. The second kappa shape index (κ2) is 12.3. The van der Waals surface area contributed by atoms with Gasteiger partial charge in [-0.25, -0.2) is 0 Å². The van der Waals surface area contributed by atoms with Crippen LogP contribution in [0.2, 0.25) is 0 Å². The summed E-state index contributed by atoms with van der Waals surface area (Å²) in [6.07, 6.45) is 0. The van der Waals surface area contributed by atoms with Crippen molar-refractivity contribution in [3.05, 3.63) is 229 Å². The van der Waals surface area contributed by atoms with Crippen LogP contribution in [0.5, 0.6) is 0 Å². The molecule has 0 fully saturated rings. The highest BCUT2D eigenvalue weighted by Gasteiger charge is 2.46. The van der Waals surface area contributed by atoms with Crippen molar-refractivity contribution < 1.29 is 0 Å². The molecule has 1 nitrogen and oxygen atoms in total. The predicted octanol–water partition coefficient (Wildman–Crippen LogP) is 13.4. The molecule has 0 saturated carbocycles. The van der Waals surface area contributed by atoms with Crippen molar-refractivity contribution in [3.8, 4) is 33.4 Å². The van der Waals surface area contributed by atoms with Gasteiger partial charge in [0.1, 0.15) is 0 Å². The number of anilines is 2. The van der Waals surface area contributed by atoms with E-state index in [-0.39, 0.29) is 0 Å². The highest BCUT2D eigenvalue weighted by atomic mass is 14.9. The molecule has 0 heterocycles. The van der Waals surface area contributed by atoms with Gasteiger partial charge in [-0.05, 0) is 89.8 Å². The lowest BCUT2D eigenvalue weighted by atomic mass is 9.68. The third kappa shape index (κ3) is 4.63. The van der Waals surface area contributed by atoms with Crippen molar-refractivity contribution in [1.82, 2.24) is 0 Å². The smallest absolute Gasteiger partial charge is 0.0714 e. The Kier molecular flexibility index (Phi) is 7.11. The van der Waals surface area contributed by atoms with E-state index in [2.05, 4.69) is 212 Å². The molecule has 0 saturated heterocycles. The minimum atomic E-state index is -0.421. The van der Waals surface area contributed by atoms with Crippen molar-refractivity contribution in [2.45, 2.75) is 5.41 Å². The lowest BCUT2D eigenvalue weighted by molar-refractivity contribution is 0.768. The molecule has 0 bridgehead atoms. The maximum Gasteiger partial charge on any atom is 0.0714 e. The van der Waals surface area contributed by atoms with E-state index in [9.17, 15) is 0 Å². The normalized spacial score (nSPS) is 12.8. The van der Waals surface area contributed by atoms with Gasteiger partial charge in [0.15, 0.2) is 0 Å². The molecule has 52 heavy (non-hydrogen) atoms. The molecule has 0 aliphatic heterocycles. The van der Waals surface area contributed by atoms with E-state index in [1.54, 1.807) is 0 Å². The molecule has 0 atom stereocenters. The number of hydrogen-bond donors (Lipinski definition) is 1. The Morgan fingerprint density at radius 1 is 0.327 bits per heavy atom. The Balaban J connectivity index is 1.05. The van der Waals surface area contributed by atoms with Crippen LogP contribution in [0.3, 0.4) is 0 Å². The van der Waals surface area contributed by atoms with Crippen molar-refractivity contribution in [3.63, 3.8) is 0 Å². The zero-order valence-electron chi connectivity index (χ0n) is 28.6. The van der Waals surface area contributed by atoms with E-state index in [4.69, 9.17) is 0 Å². The van der Waals surface area contributed by atoms with Gasteiger partial charge in [0.2, 0.25) is 0 Å². The van der Waals surface area contributed by atoms with E-state index in [0.717, 1.165) is 11.4 Å². The van der Waals surface area contributed by atoms with Crippen LogP contribution in [0.25, 0.3) is 54.9 Å². The lowest BCUT2D eigenvalue weighted by Crippen LogP contribution is -2.28. The van der Waals surface area contributed by atoms with Gasteiger partial charge in [0.25, 0.3) is 0 Å². The van der Waals surface area contributed by atoms with Crippen LogP contribution in [-0.2, 0) is 5.41 Å². The average molecular weight is 662 g/mol. The van der Waals surface area contributed by atoms with Gasteiger partial charge in [-0.1, -0.05) is 188 Å². The van der Waals surface area contributed by atoms with E-state index in [1.807, 2.05) is 0 Å². The fourth-order valence-electron chi connectivity index (χ4n) is 8.73. The molecule has 0 radical (unpaired) electrons. The first kappa shape index (κ1) is 30.2. The van der Waals surface area contributed by atoms with Gasteiger partial charge in [-0.15, -0.1) is 0 Å². The Morgan fingerprint density at radius 3 is 1.60 bits per heavy atom. The third-order valence-electron chi connectivity index (χ3n) is 11.0. The van der Waals surface area contributed by atoms with Crippen LogP contribution in [0.4, 0.5) is 11.4 Å². The average Bonchev–Trinajstić information content (AvgIpc) is 3.53. The first-order valence-electron chi connectivity index (χ1n) is 18.0. The zero-order valence-corrected chi connectivity index (χ0v) is 28.6. The molecule has 10 rings (SSSR count). The topological polar surface area (TPSA) is 12.0 Å². The summed E-state index contributed by atoms with van der Waals surface area (Å²) in [7, 11) is 0. The van der Waals surface area contributed by atoms with Crippen molar-refractivity contribution >= 4 is 32.9 Å². The van der Waals surface area contributed by atoms with Gasteiger partial charge < -0.3 is 5.32 Å². The van der Waals surface area contributed by atoms with E-state index in [0.29, 0.717) is 0 Å². The lowest BCUT2D eigenvalue weighted by Gasteiger charge is -2.33. The number of rotatable bonds is 6. The number of nitrogens with one attached hydrogen (secondary N) is 1. The van der Waals surface area contributed by atoms with Crippen LogP contribution in [-0.4, -0.2) is 0 Å². The van der Waals surface area contributed by atoms with Gasteiger partial charge in [0.05, 0.1) is 5.41 Å². The molecule has 0 spiro atoms. The summed E-state index contributed by atoms with van der Waals surface area (Å²) in [6.45, 7) is 0. The number of benzene rings is 9. The highest BCUT2D eigenvalue weighted by Crippen LogP contribution is 2.58. The first-order chi connectivity index (χ1) is 25.8. The van der Waals surface area contributed by atoms with Crippen molar-refractivity contribution in [2.24, 2.45) is 0 Å². The van der Waals surface area contributed by atoms with E-state index < -0.39 is 5.41 Å². The molecule has 1 N–H and O–H groups in total. The second-order valence-corrected chi connectivity index (χ2v) is 13.7. The zero-order chi connectivity index (χ0) is 34.5. The molecule has 0 amide bonds. The van der Waals surface area contributed by atoms with E-state index in [1.165, 1.54) is 77.2 Å². The van der Waals surface area contributed by atoms with Crippen molar-refractivity contribution in [2.75, 3.05) is 5.32 Å². The minimum Gasteiger partial charge on any atom is -0.355 e. The third-order valence-corrected chi connectivity index (χ3v) is 11.0. The largest absolute Gasteiger partial charge is 0.355 e. The van der Waals surface area contributed by atoms with Crippen LogP contribution in [0.15, 0.2) is 206 Å². The molecular formula is C51H35N. The maximum atomic E-state index is 3.85. The van der Waals surface area contributed by atoms with Gasteiger partial charge in [-0.2, -0.15) is 0 Å². The monoisotopic (exact) mass is 661 g/mol. The Hall–Kier alpha value is -6.70. The number of fused-ring (bicyclic) bond motifs is 5.